The molecular formula is C11H14FNO3S. The molecule has 0 amide bonds. The Morgan fingerprint density at radius 2 is 2.12 bits per heavy atom. The fourth-order valence-corrected chi connectivity index (χ4v) is 3.52. The van der Waals surface area contributed by atoms with E-state index in [0.29, 0.717) is 13.2 Å². The standard InChI is InChI=1S/C11H14FNO3S/c1-9-8-16-7-6-13(9)17(14,15)11-5-3-2-4-10(11)12/h2-5,9H,6-8H2,1H3/t9-/m1/s1. The fourth-order valence-electron chi connectivity index (χ4n) is 1.85. The van der Waals surface area contributed by atoms with Crippen molar-refractivity contribution in [3.8, 4) is 0 Å². The highest BCUT2D eigenvalue weighted by molar-refractivity contribution is 7.89. The molecule has 6 heteroatoms. The van der Waals surface area contributed by atoms with Crippen LogP contribution in [0.5, 0.6) is 0 Å². The summed E-state index contributed by atoms with van der Waals surface area (Å²) < 4.78 is 44.5. The summed E-state index contributed by atoms with van der Waals surface area (Å²) in [6.45, 7) is 2.70. The maximum Gasteiger partial charge on any atom is 0.246 e. The van der Waals surface area contributed by atoms with Crippen molar-refractivity contribution in [2.75, 3.05) is 19.8 Å². The monoisotopic (exact) mass is 259 g/mol. The van der Waals surface area contributed by atoms with Crippen molar-refractivity contribution in [1.29, 1.82) is 0 Å². The van der Waals surface area contributed by atoms with E-state index in [1.807, 2.05) is 0 Å². The Hall–Kier alpha value is -0.980. The van der Waals surface area contributed by atoms with Crippen LogP contribution < -0.4 is 0 Å². The van der Waals surface area contributed by atoms with Crippen molar-refractivity contribution in [3.63, 3.8) is 0 Å². The van der Waals surface area contributed by atoms with E-state index >= 15 is 0 Å². The first kappa shape index (κ1) is 12.5. The Labute approximate surface area is 100 Å². The number of benzene rings is 1. The average Bonchev–Trinajstić information content (AvgIpc) is 2.29. The van der Waals surface area contributed by atoms with Crippen LogP contribution in [0.15, 0.2) is 29.2 Å². The van der Waals surface area contributed by atoms with Gasteiger partial charge in [0.25, 0.3) is 0 Å². The van der Waals surface area contributed by atoms with Crippen molar-refractivity contribution in [2.24, 2.45) is 0 Å². The van der Waals surface area contributed by atoms with E-state index in [0.717, 1.165) is 6.07 Å². The van der Waals surface area contributed by atoms with Gasteiger partial charge in [0, 0.05) is 12.6 Å². The smallest absolute Gasteiger partial charge is 0.246 e. The molecule has 0 saturated carbocycles. The Morgan fingerprint density at radius 1 is 1.41 bits per heavy atom. The number of sulfonamides is 1. The lowest BCUT2D eigenvalue weighted by molar-refractivity contribution is 0.0392. The summed E-state index contributed by atoms with van der Waals surface area (Å²) in [6, 6.07) is 5.15. The van der Waals surface area contributed by atoms with Gasteiger partial charge in [0.2, 0.25) is 10.0 Å². The number of hydrogen-bond acceptors (Lipinski definition) is 3. The maximum absolute atomic E-state index is 13.5. The molecule has 1 aromatic rings. The molecule has 1 aliphatic rings. The van der Waals surface area contributed by atoms with Crippen molar-refractivity contribution in [3.05, 3.63) is 30.1 Å². The molecule has 0 N–H and O–H groups in total. The maximum atomic E-state index is 13.5. The molecule has 0 bridgehead atoms. The van der Waals surface area contributed by atoms with E-state index in [1.54, 1.807) is 6.92 Å². The van der Waals surface area contributed by atoms with E-state index in [2.05, 4.69) is 0 Å². The molecule has 0 unspecified atom stereocenters. The van der Waals surface area contributed by atoms with Crippen LogP contribution in [-0.2, 0) is 14.8 Å². The molecule has 0 spiro atoms. The highest BCUT2D eigenvalue weighted by Crippen LogP contribution is 2.22. The van der Waals surface area contributed by atoms with Crippen LogP contribution in [0.2, 0.25) is 0 Å². The zero-order chi connectivity index (χ0) is 12.5. The number of nitrogens with zero attached hydrogens (tertiary/aromatic N) is 1. The van der Waals surface area contributed by atoms with Gasteiger partial charge in [-0.2, -0.15) is 4.31 Å². The first-order valence-electron chi connectivity index (χ1n) is 5.37. The SMILES string of the molecule is C[C@@H]1COCCN1S(=O)(=O)c1ccccc1F. The van der Waals surface area contributed by atoms with Gasteiger partial charge in [-0.25, -0.2) is 12.8 Å². The topological polar surface area (TPSA) is 46.6 Å². The van der Waals surface area contributed by atoms with Gasteiger partial charge < -0.3 is 4.74 Å². The van der Waals surface area contributed by atoms with Crippen LogP contribution in [0.4, 0.5) is 4.39 Å². The van der Waals surface area contributed by atoms with Crippen LogP contribution in [0.1, 0.15) is 6.92 Å². The molecule has 2 rings (SSSR count). The molecule has 1 heterocycles. The summed E-state index contributed by atoms with van der Waals surface area (Å²) in [7, 11) is -3.76. The van der Waals surface area contributed by atoms with Crippen molar-refractivity contribution < 1.29 is 17.5 Å². The summed E-state index contributed by atoms with van der Waals surface area (Å²) >= 11 is 0. The van der Waals surface area contributed by atoms with Crippen LogP contribution in [0.25, 0.3) is 0 Å². The summed E-state index contributed by atoms with van der Waals surface area (Å²) in [6.07, 6.45) is 0. The summed E-state index contributed by atoms with van der Waals surface area (Å²) in [4.78, 5) is -0.270. The summed E-state index contributed by atoms with van der Waals surface area (Å²) in [5.41, 5.74) is 0. The number of hydrogen-bond donors (Lipinski definition) is 0. The first-order valence-corrected chi connectivity index (χ1v) is 6.81. The predicted molar refractivity (Wildman–Crippen MR) is 60.6 cm³/mol. The Kier molecular flexibility index (Phi) is 3.46. The van der Waals surface area contributed by atoms with E-state index in [1.165, 1.54) is 22.5 Å². The lowest BCUT2D eigenvalue weighted by Gasteiger charge is -2.32. The minimum atomic E-state index is -3.76. The highest BCUT2D eigenvalue weighted by Gasteiger charge is 2.32. The summed E-state index contributed by atoms with van der Waals surface area (Å²) in [5.74, 6) is -0.716. The largest absolute Gasteiger partial charge is 0.378 e. The van der Waals surface area contributed by atoms with Crippen molar-refractivity contribution in [1.82, 2.24) is 4.31 Å². The summed E-state index contributed by atoms with van der Waals surface area (Å²) in [5, 5.41) is 0. The molecular weight excluding hydrogens is 245 g/mol. The van der Waals surface area contributed by atoms with E-state index < -0.39 is 15.8 Å². The minimum Gasteiger partial charge on any atom is -0.378 e. The number of morpholine rings is 1. The molecule has 1 saturated heterocycles. The van der Waals surface area contributed by atoms with Gasteiger partial charge in [-0.3, -0.25) is 0 Å². The highest BCUT2D eigenvalue weighted by atomic mass is 32.2. The third-order valence-electron chi connectivity index (χ3n) is 2.73. The van der Waals surface area contributed by atoms with E-state index in [4.69, 9.17) is 4.74 Å². The zero-order valence-corrected chi connectivity index (χ0v) is 10.3. The van der Waals surface area contributed by atoms with Crippen molar-refractivity contribution >= 4 is 10.0 Å². The Morgan fingerprint density at radius 3 is 2.76 bits per heavy atom. The lowest BCUT2D eigenvalue weighted by Crippen LogP contribution is -2.47. The van der Waals surface area contributed by atoms with Gasteiger partial charge >= 0.3 is 0 Å². The zero-order valence-electron chi connectivity index (χ0n) is 9.47. The molecule has 1 fully saturated rings. The average molecular weight is 259 g/mol. The van der Waals surface area contributed by atoms with Gasteiger partial charge in [0.05, 0.1) is 13.2 Å². The van der Waals surface area contributed by atoms with Crippen LogP contribution >= 0.6 is 0 Å². The molecule has 0 radical (unpaired) electrons. The molecule has 1 aromatic carbocycles. The molecule has 94 valence electrons. The molecule has 17 heavy (non-hydrogen) atoms. The second-order valence-corrected chi connectivity index (χ2v) is 5.83. The fraction of sp³-hybridized carbons (Fsp3) is 0.455. The number of halogens is 1. The third kappa shape index (κ3) is 2.34. The second-order valence-electron chi connectivity index (χ2n) is 3.97. The van der Waals surface area contributed by atoms with Crippen LogP contribution in [0, 0.1) is 5.82 Å². The van der Waals surface area contributed by atoms with Gasteiger partial charge in [0.1, 0.15) is 10.7 Å². The van der Waals surface area contributed by atoms with Gasteiger partial charge in [-0.05, 0) is 19.1 Å². The van der Waals surface area contributed by atoms with Gasteiger partial charge in [-0.1, -0.05) is 12.1 Å². The van der Waals surface area contributed by atoms with E-state index in [-0.39, 0.29) is 17.5 Å². The Bertz CT molecular complexity index is 503. The minimum absolute atomic E-state index is 0.262. The van der Waals surface area contributed by atoms with Gasteiger partial charge in [0.15, 0.2) is 0 Å². The lowest BCUT2D eigenvalue weighted by atomic mass is 10.3. The molecule has 1 aliphatic heterocycles. The van der Waals surface area contributed by atoms with Crippen LogP contribution in [-0.4, -0.2) is 38.5 Å². The predicted octanol–water partition coefficient (Wildman–Crippen LogP) is 1.24. The second kappa shape index (κ2) is 4.72. The molecule has 4 nitrogen and oxygen atoms in total. The molecule has 0 aromatic heterocycles. The third-order valence-corrected chi connectivity index (χ3v) is 4.78. The quantitative estimate of drug-likeness (QED) is 0.802. The Balaban J connectivity index is 2.39. The molecule has 0 aliphatic carbocycles. The first-order chi connectivity index (χ1) is 8.03. The van der Waals surface area contributed by atoms with Crippen LogP contribution in [0.3, 0.4) is 0 Å². The van der Waals surface area contributed by atoms with Crippen molar-refractivity contribution in [2.45, 2.75) is 17.9 Å². The van der Waals surface area contributed by atoms with Gasteiger partial charge in [-0.15, -0.1) is 0 Å². The number of rotatable bonds is 2. The van der Waals surface area contributed by atoms with E-state index in [9.17, 15) is 12.8 Å². The normalized spacial score (nSPS) is 22.6. The molecule has 1 atom stereocenters. The number of ether oxygens (including phenoxy) is 1.